The largest absolute Gasteiger partial charge is 0.380 e. The highest BCUT2D eigenvalue weighted by molar-refractivity contribution is 7.80. The molecule has 0 saturated heterocycles. The van der Waals surface area contributed by atoms with Gasteiger partial charge in [-0.15, -0.1) is 0 Å². The van der Waals surface area contributed by atoms with E-state index < -0.39 is 7.92 Å². The van der Waals surface area contributed by atoms with Crippen LogP contribution in [0.25, 0.3) is 0 Å². The summed E-state index contributed by atoms with van der Waals surface area (Å²) >= 11 is 0. The van der Waals surface area contributed by atoms with Crippen LogP contribution in [0.1, 0.15) is 16.7 Å². The Kier molecular flexibility index (Phi) is 7.76. The maximum absolute atomic E-state index is 5.51. The normalized spacial score (nSPS) is 11.1. The highest BCUT2D eigenvalue weighted by atomic mass is 31.1. The minimum Gasteiger partial charge on any atom is -0.380 e. The summed E-state index contributed by atoms with van der Waals surface area (Å²) in [5, 5.41) is 3.93. The zero-order valence-corrected chi connectivity index (χ0v) is 17.6. The number of benzene rings is 3. The quantitative estimate of drug-likeness (QED) is 0.516. The van der Waals surface area contributed by atoms with Crippen molar-refractivity contribution in [2.24, 2.45) is 0 Å². The lowest BCUT2D eigenvalue weighted by Crippen LogP contribution is -2.28. The smallest absolute Gasteiger partial charge is 0.0719 e. The van der Waals surface area contributed by atoms with Crippen molar-refractivity contribution in [2.75, 3.05) is 21.3 Å². The predicted octanol–water partition coefficient (Wildman–Crippen LogP) is 3.88. The Labute approximate surface area is 169 Å². The van der Waals surface area contributed by atoms with E-state index in [0.29, 0.717) is 19.8 Å². The van der Waals surface area contributed by atoms with Crippen LogP contribution < -0.4 is 15.9 Å². The van der Waals surface area contributed by atoms with E-state index in [1.165, 1.54) is 32.6 Å². The molecule has 0 heterocycles. The Morgan fingerprint density at radius 2 is 0.786 bits per heavy atom. The van der Waals surface area contributed by atoms with E-state index in [0.717, 1.165) is 0 Å². The molecular weight excluding hydrogens is 367 g/mol. The second-order valence-corrected chi connectivity index (χ2v) is 8.64. The van der Waals surface area contributed by atoms with E-state index in [-0.39, 0.29) is 0 Å². The van der Waals surface area contributed by atoms with Crippen LogP contribution in [-0.2, 0) is 34.0 Å². The minimum atomic E-state index is -0.783. The highest BCUT2D eigenvalue weighted by Gasteiger charge is 2.24. The molecule has 0 radical (unpaired) electrons. The van der Waals surface area contributed by atoms with Gasteiger partial charge in [-0.2, -0.15) is 0 Å². The van der Waals surface area contributed by atoms with Gasteiger partial charge in [0.2, 0.25) is 0 Å². The van der Waals surface area contributed by atoms with Crippen molar-refractivity contribution in [2.45, 2.75) is 19.8 Å². The molecular formula is C24H27O3P. The van der Waals surface area contributed by atoms with Gasteiger partial charge in [0, 0.05) is 21.3 Å². The van der Waals surface area contributed by atoms with E-state index in [4.69, 9.17) is 14.2 Å². The first-order chi connectivity index (χ1) is 13.8. The van der Waals surface area contributed by atoms with Gasteiger partial charge in [-0.3, -0.25) is 0 Å². The van der Waals surface area contributed by atoms with Crippen molar-refractivity contribution in [3.05, 3.63) is 89.5 Å². The molecule has 3 aromatic rings. The highest BCUT2D eigenvalue weighted by Crippen LogP contribution is 2.37. The Balaban J connectivity index is 2.25. The molecule has 28 heavy (non-hydrogen) atoms. The van der Waals surface area contributed by atoms with Crippen molar-refractivity contribution in [3.8, 4) is 0 Å². The number of methoxy groups -OCH3 is 3. The summed E-state index contributed by atoms with van der Waals surface area (Å²) in [6, 6.07) is 25.7. The minimum absolute atomic E-state index is 0.591. The fourth-order valence-electron chi connectivity index (χ4n) is 3.41. The fraction of sp³-hybridized carbons (Fsp3) is 0.250. The Morgan fingerprint density at radius 3 is 1.07 bits per heavy atom. The van der Waals surface area contributed by atoms with Crippen LogP contribution in [0.3, 0.4) is 0 Å². The van der Waals surface area contributed by atoms with E-state index in [1.807, 2.05) is 0 Å². The molecule has 3 nitrogen and oxygen atoms in total. The lowest BCUT2D eigenvalue weighted by molar-refractivity contribution is 0.185. The first-order valence-corrected chi connectivity index (χ1v) is 10.6. The van der Waals surface area contributed by atoms with Crippen LogP contribution >= 0.6 is 7.92 Å². The summed E-state index contributed by atoms with van der Waals surface area (Å²) in [6.07, 6.45) is 0. The van der Waals surface area contributed by atoms with E-state index in [2.05, 4.69) is 72.8 Å². The standard InChI is InChI=1S/C24H27O3P/c1-25-16-19-10-4-7-13-22(19)28(23-14-8-5-11-20(23)17-26-2)24-15-9-6-12-21(24)18-27-3/h4-15H,16-18H2,1-3H3. The molecule has 0 N–H and O–H groups in total. The molecule has 0 aliphatic rings. The van der Waals surface area contributed by atoms with Gasteiger partial charge in [0.15, 0.2) is 0 Å². The van der Waals surface area contributed by atoms with Gasteiger partial charge < -0.3 is 14.2 Å². The maximum Gasteiger partial charge on any atom is 0.0719 e. The average Bonchev–Trinajstić information content (AvgIpc) is 2.72. The van der Waals surface area contributed by atoms with E-state index in [1.54, 1.807) is 21.3 Å². The van der Waals surface area contributed by atoms with Gasteiger partial charge in [0.1, 0.15) is 0 Å². The van der Waals surface area contributed by atoms with Crippen molar-refractivity contribution < 1.29 is 14.2 Å². The fourth-order valence-corrected chi connectivity index (χ4v) is 6.17. The first kappa shape index (κ1) is 20.7. The summed E-state index contributed by atoms with van der Waals surface area (Å²) in [4.78, 5) is 0. The summed E-state index contributed by atoms with van der Waals surface area (Å²) < 4.78 is 16.5. The molecule has 4 heteroatoms. The SMILES string of the molecule is COCc1ccccc1P(c1ccccc1COC)c1ccccc1COC. The zero-order chi connectivity index (χ0) is 19.8. The van der Waals surface area contributed by atoms with Crippen LogP contribution in [0.2, 0.25) is 0 Å². The van der Waals surface area contributed by atoms with Gasteiger partial charge in [-0.1, -0.05) is 72.8 Å². The monoisotopic (exact) mass is 394 g/mol. The average molecular weight is 394 g/mol. The summed E-state index contributed by atoms with van der Waals surface area (Å²) in [6.45, 7) is 1.77. The van der Waals surface area contributed by atoms with Gasteiger partial charge in [-0.25, -0.2) is 0 Å². The van der Waals surface area contributed by atoms with Gasteiger partial charge in [0.25, 0.3) is 0 Å². The van der Waals surface area contributed by atoms with Crippen LogP contribution in [0.5, 0.6) is 0 Å². The zero-order valence-electron chi connectivity index (χ0n) is 16.7. The molecule has 0 aliphatic carbocycles. The summed E-state index contributed by atoms with van der Waals surface area (Å²) in [5.74, 6) is 0. The molecule has 0 aliphatic heterocycles. The summed E-state index contributed by atoms with van der Waals surface area (Å²) in [5.41, 5.74) is 3.65. The van der Waals surface area contributed by atoms with Gasteiger partial charge in [-0.05, 0) is 40.5 Å². The number of rotatable bonds is 9. The number of ether oxygens (including phenoxy) is 3. The van der Waals surface area contributed by atoms with Crippen molar-refractivity contribution in [1.29, 1.82) is 0 Å². The topological polar surface area (TPSA) is 27.7 Å². The van der Waals surface area contributed by atoms with Crippen LogP contribution in [0, 0.1) is 0 Å². The van der Waals surface area contributed by atoms with Crippen molar-refractivity contribution in [3.63, 3.8) is 0 Å². The third-order valence-electron chi connectivity index (χ3n) is 4.60. The molecule has 3 aromatic carbocycles. The molecule has 0 saturated carbocycles. The second-order valence-electron chi connectivity index (χ2n) is 6.52. The molecule has 0 fully saturated rings. The van der Waals surface area contributed by atoms with E-state index >= 15 is 0 Å². The summed E-state index contributed by atoms with van der Waals surface area (Å²) in [7, 11) is 4.46. The van der Waals surface area contributed by atoms with Crippen molar-refractivity contribution in [1.82, 2.24) is 0 Å². The molecule has 0 unspecified atom stereocenters. The first-order valence-electron chi connectivity index (χ1n) is 9.30. The molecule has 0 atom stereocenters. The Bertz CT molecular complexity index is 777. The molecule has 3 rings (SSSR count). The van der Waals surface area contributed by atoms with Gasteiger partial charge in [0.05, 0.1) is 19.8 Å². The van der Waals surface area contributed by atoms with Crippen LogP contribution in [-0.4, -0.2) is 21.3 Å². The lowest BCUT2D eigenvalue weighted by Gasteiger charge is -2.26. The third-order valence-corrected chi connectivity index (χ3v) is 7.35. The predicted molar refractivity (Wildman–Crippen MR) is 117 cm³/mol. The molecule has 0 aromatic heterocycles. The van der Waals surface area contributed by atoms with Gasteiger partial charge >= 0.3 is 0 Å². The molecule has 0 bridgehead atoms. The van der Waals surface area contributed by atoms with Crippen molar-refractivity contribution >= 4 is 23.8 Å². The Hall–Kier alpha value is -2.03. The van der Waals surface area contributed by atoms with Crippen LogP contribution in [0.4, 0.5) is 0 Å². The second kappa shape index (κ2) is 10.5. The lowest BCUT2D eigenvalue weighted by atomic mass is 10.2. The Morgan fingerprint density at radius 1 is 0.500 bits per heavy atom. The maximum atomic E-state index is 5.51. The number of hydrogen-bond donors (Lipinski definition) is 0. The molecule has 0 amide bonds. The third kappa shape index (κ3) is 4.68. The number of hydrogen-bond acceptors (Lipinski definition) is 3. The molecule has 0 spiro atoms. The molecule has 146 valence electrons. The van der Waals surface area contributed by atoms with Crippen LogP contribution in [0.15, 0.2) is 72.8 Å². The van der Waals surface area contributed by atoms with E-state index in [9.17, 15) is 0 Å².